The molecule has 5 nitrogen and oxygen atoms in total. The minimum Gasteiger partial charge on any atom is -0.261 e. The lowest BCUT2D eigenvalue weighted by atomic mass is 10.1. The van der Waals surface area contributed by atoms with Crippen LogP contribution in [0.5, 0.6) is 0 Å². The van der Waals surface area contributed by atoms with Crippen LogP contribution in [-0.4, -0.2) is 25.1 Å². The molecule has 0 N–H and O–H groups in total. The second-order valence-electron chi connectivity index (χ2n) is 6.72. The summed E-state index contributed by atoms with van der Waals surface area (Å²) in [6.07, 6.45) is 8.06. The van der Waals surface area contributed by atoms with Gasteiger partial charge < -0.3 is 0 Å². The fourth-order valence-corrected chi connectivity index (χ4v) is 2.02. The molecule has 3 aromatic rings. The molecule has 3 aromatic heterocycles. The maximum atomic E-state index is 4.18. The van der Waals surface area contributed by atoms with Crippen molar-refractivity contribution in [3.05, 3.63) is 85.0 Å². The molecule has 148 valence electrons. The van der Waals surface area contributed by atoms with Gasteiger partial charge in [0, 0.05) is 30.5 Å². The van der Waals surface area contributed by atoms with E-state index in [4.69, 9.17) is 0 Å². The van der Waals surface area contributed by atoms with E-state index < -0.39 is 0 Å². The van der Waals surface area contributed by atoms with Crippen LogP contribution in [0.25, 0.3) is 5.57 Å². The zero-order chi connectivity index (χ0) is 20.8. The quantitative estimate of drug-likeness (QED) is 0.583. The van der Waals surface area contributed by atoms with Crippen molar-refractivity contribution in [1.82, 2.24) is 25.1 Å². The molecule has 0 aliphatic heterocycles. The van der Waals surface area contributed by atoms with E-state index in [2.05, 4.69) is 59.4 Å². The summed E-state index contributed by atoms with van der Waals surface area (Å²) in [5.41, 5.74) is 3.15. The van der Waals surface area contributed by atoms with Crippen molar-refractivity contribution < 1.29 is 0 Å². The van der Waals surface area contributed by atoms with Gasteiger partial charge >= 0.3 is 0 Å². The molecular weight excluding hydrogens is 346 g/mol. The predicted molar refractivity (Wildman–Crippen MR) is 116 cm³/mol. The van der Waals surface area contributed by atoms with Crippen molar-refractivity contribution in [2.75, 3.05) is 0 Å². The van der Waals surface area contributed by atoms with Crippen LogP contribution >= 0.6 is 0 Å². The second-order valence-corrected chi connectivity index (χ2v) is 6.72. The van der Waals surface area contributed by atoms with Gasteiger partial charge in [0.15, 0.2) is 5.82 Å². The van der Waals surface area contributed by atoms with Crippen LogP contribution in [0.1, 0.15) is 70.1 Å². The van der Waals surface area contributed by atoms with Gasteiger partial charge in [0.05, 0.1) is 5.69 Å². The monoisotopic (exact) mass is 377 g/mol. The van der Waals surface area contributed by atoms with Crippen LogP contribution in [0.15, 0.2) is 67.8 Å². The molecule has 1 atom stereocenters. The van der Waals surface area contributed by atoms with Crippen LogP contribution in [0, 0.1) is 0 Å². The van der Waals surface area contributed by atoms with Crippen LogP contribution in [0.3, 0.4) is 0 Å². The summed E-state index contributed by atoms with van der Waals surface area (Å²) in [4.78, 5) is 12.1. The summed E-state index contributed by atoms with van der Waals surface area (Å²) in [7, 11) is 0. The molecule has 0 aromatic carbocycles. The molecule has 1 unspecified atom stereocenters. The van der Waals surface area contributed by atoms with E-state index in [1.165, 1.54) is 0 Å². The first-order valence-electron chi connectivity index (χ1n) is 9.57. The average Bonchev–Trinajstić information content (AvgIpc) is 2.76. The molecule has 0 saturated heterocycles. The minimum atomic E-state index is 0.536. The van der Waals surface area contributed by atoms with Gasteiger partial charge in [-0.15, -0.1) is 0 Å². The number of pyridine rings is 1. The van der Waals surface area contributed by atoms with Gasteiger partial charge in [0.1, 0.15) is 0 Å². The maximum Gasteiger partial charge on any atom is 0.154 e. The normalized spacial score (nSPS) is 10.8. The summed E-state index contributed by atoms with van der Waals surface area (Å²) in [6.45, 7) is 14.2. The van der Waals surface area contributed by atoms with E-state index in [1.54, 1.807) is 24.7 Å². The number of aromatic nitrogens is 5. The fourth-order valence-electron chi connectivity index (χ4n) is 2.02. The Labute approximate surface area is 169 Å². The first-order chi connectivity index (χ1) is 13.5. The van der Waals surface area contributed by atoms with Gasteiger partial charge in [-0.1, -0.05) is 40.3 Å². The molecule has 0 radical (unpaired) electrons. The number of nitrogens with zero attached hydrogens (tertiary/aromatic N) is 5. The summed E-state index contributed by atoms with van der Waals surface area (Å²) < 4.78 is 0. The van der Waals surface area contributed by atoms with Gasteiger partial charge in [0.2, 0.25) is 0 Å². The molecule has 0 bridgehead atoms. The van der Waals surface area contributed by atoms with Gasteiger partial charge in [-0.2, -0.15) is 10.2 Å². The summed E-state index contributed by atoms with van der Waals surface area (Å²) in [5.74, 6) is 1.80. The molecule has 0 saturated carbocycles. The van der Waals surface area contributed by atoms with Gasteiger partial charge in [-0.3, -0.25) is 4.98 Å². The Hall–Kier alpha value is -2.95. The first-order valence-corrected chi connectivity index (χ1v) is 9.57. The van der Waals surface area contributed by atoms with E-state index in [1.807, 2.05) is 43.5 Å². The van der Waals surface area contributed by atoms with E-state index in [0.717, 1.165) is 29.2 Å². The summed E-state index contributed by atoms with van der Waals surface area (Å²) >= 11 is 0. The molecule has 28 heavy (non-hydrogen) atoms. The highest BCUT2D eigenvalue weighted by Gasteiger charge is 2.01. The highest BCUT2D eigenvalue weighted by molar-refractivity contribution is 5.53. The highest BCUT2D eigenvalue weighted by atomic mass is 15.1. The van der Waals surface area contributed by atoms with Crippen LogP contribution in [0.2, 0.25) is 0 Å². The Morgan fingerprint density at radius 2 is 1.50 bits per heavy atom. The largest absolute Gasteiger partial charge is 0.261 e. The molecule has 0 spiro atoms. The highest BCUT2D eigenvalue weighted by Crippen LogP contribution is 2.13. The third-order valence-electron chi connectivity index (χ3n) is 3.94. The molecule has 5 heteroatoms. The topological polar surface area (TPSA) is 64.5 Å². The molecule has 0 amide bonds. The van der Waals surface area contributed by atoms with E-state index in [0.29, 0.717) is 11.8 Å². The molecule has 0 aliphatic rings. The predicted octanol–water partition coefficient (Wildman–Crippen LogP) is 5.70. The van der Waals surface area contributed by atoms with E-state index in [9.17, 15) is 0 Å². The smallest absolute Gasteiger partial charge is 0.154 e. The molecule has 3 heterocycles. The Bertz CT molecular complexity index is 774. The standard InChI is InChI=1S/C8H12N2.C8H11N.C7H8N2/c1-3-7(2)8-5-4-6-9-10-8;1-7(2)8-5-3-4-6-9-8;1-6(2)7-8-4-3-5-9-7/h4-7H,3H2,1-2H3;3-7H,1-2H3;3-5H,1H2,2H3. The van der Waals surface area contributed by atoms with Crippen molar-refractivity contribution in [3.8, 4) is 0 Å². The van der Waals surface area contributed by atoms with Crippen molar-refractivity contribution in [2.24, 2.45) is 0 Å². The van der Waals surface area contributed by atoms with Crippen LogP contribution in [0.4, 0.5) is 0 Å². The lowest BCUT2D eigenvalue weighted by Gasteiger charge is -2.04. The number of hydrogen-bond acceptors (Lipinski definition) is 5. The average molecular weight is 378 g/mol. The molecule has 0 aliphatic carbocycles. The third kappa shape index (κ3) is 9.12. The minimum absolute atomic E-state index is 0.536. The van der Waals surface area contributed by atoms with Gasteiger partial charge in [-0.05, 0) is 61.1 Å². The van der Waals surface area contributed by atoms with Crippen molar-refractivity contribution >= 4 is 5.57 Å². The number of allylic oxidation sites excluding steroid dienone is 1. The Morgan fingerprint density at radius 3 is 1.89 bits per heavy atom. The SMILES string of the molecule is C=C(C)c1ncccn1.CC(C)c1ccccn1.CCC(C)c1cccnn1. The molecule has 3 rings (SSSR count). The molecule has 0 fully saturated rings. The zero-order valence-corrected chi connectivity index (χ0v) is 17.6. The van der Waals surface area contributed by atoms with Crippen LogP contribution in [-0.2, 0) is 0 Å². The van der Waals surface area contributed by atoms with Gasteiger partial charge in [-0.25, -0.2) is 9.97 Å². The Kier molecular flexibility index (Phi) is 10.9. The third-order valence-corrected chi connectivity index (χ3v) is 3.94. The Balaban J connectivity index is 0.000000210. The lowest BCUT2D eigenvalue weighted by Crippen LogP contribution is -1.95. The summed E-state index contributed by atoms with van der Waals surface area (Å²) in [5, 5.41) is 7.80. The lowest BCUT2D eigenvalue weighted by molar-refractivity contribution is 0.690. The fraction of sp³-hybridized carbons (Fsp3) is 0.348. The van der Waals surface area contributed by atoms with Gasteiger partial charge in [0.25, 0.3) is 0 Å². The Morgan fingerprint density at radius 1 is 0.857 bits per heavy atom. The van der Waals surface area contributed by atoms with Crippen LogP contribution < -0.4 is 0 Å². The molecular formula is C23H31N5. The zero-order valence-electron chi connectivity index (χ0n) is 17.6. The second kappa shape index (κ2) is 13.3. The number of hydrogen-bond donors (Lipinski definition) is 0. The first kappa shape index (κ1) is 23.1. The summed E-state index contributed by atoms with van der Waals surface area (Å²) in [6, 6.07) is 11.7. The van der Waals surface area contributed by atoms with E-state index >= 15 is 0 Å². The maximum absolute atomic E-state index is 4.18. The van der Waals surface area contributed by atoms with Crippen molar-refractivity contribution in [2.45, 2.75) is 52.9 Å². The van der Waals surface area contributed by atoms with E-state index in [-0.39, 0.29) is 0 Å². The van der Waals surface area contributed by atoms with Crippen molar-refractivity contribution in [1.29, 1.82) is 0 Å². The van der Waals surface area contributed by atoms with Crippen molar-refractivity contribution in [3.63, 3.8) is 0 Å². The number of rotatable bonds is 4.